The fraction of sp³-hybridized carbons (Fsp3) is 0.325. The smallest absolute Gasteiger partial charge is 0.320 e. The second-order valence-corrected chi connectivity index (χ2v) is 13.6. The van der Waals surface area contributed by atoms with Crippen LogP contribution in [0.25, 0.3) is 23.3 Å². The maximum Gasteiger partial charge on any atom is 0.320 e. The van der Waals surface area contributed by atoms with Crippen molar-refractivity contribution in [2.24, 2.45) is 0 Å². The topological polar surface area (TPSA) is 115 Å². The lowest BCUT2D eigenvalue weighted by molar-refractivity contribution is -0.142. The van der Waals surface area contributed by atoms with Gasteiger partial charge < -0.3 is 20.3 Å². The standard InChI is InChI=1S/C40H43ClN4O5/c1-25-19-30(23-45-17-6-11-36(45)40(48)49)37(50-3)20-29(25)14-13-28-7-4-8-32(26(28)2)33-9-5-10-34(38(33)41)43-39(47)35-15-12-27(21-42-35)22-44-18-16-31(46)24-44/h4-5,7-10,12-15,19-21,31,36,46H,6,11,16-18,22-24H2,1-3H3,(H,43,47)(H,48,49)/b14-13+/t31-,36+/m1/s1. The number of carbonyl (C=O) groups is 2. The van der Waals surface area contributed by atoms with Gasteiger partial charge in [-0.3, -0.25) is 24.4 Å². The lowest BCUT2D eigenvalue weighted by Crippen LogP contribution is -2.35. The molecule has 2 saturated heterocycles. The number of carboxylic acid groups (broad SMARTS) is 1. The summed E-state index contributed by atoms with van der Waals surface area (Å²) in [6, 6.07) is 18.9. The number of methoxy groups -OCH3 is 1. The summed E-state index contributed by atoms with van der Waals surface area (Å²) in [6.07, 6.45) is 7.88. The van der Waals surface area contributed by atoms with E-state index in [0.717, 1.165) is 76.2 Å². The second-order valence-electron chi connectivity index (χ2n) is 13.2. The monoisotopic (exact) mass is 694 g/mol. The van der Waals surface area contributed by atoms with Crippen molar-refractivity contribution in [3.05, 3.63) is 111 Å². The molecule has 3 aromatic carbocycles. The number of hydrogen-bond acceptors (Lipinski definition) is 7. The van der Waals surface area contributed by atoms with Gasteiger partial charge >= 0.3 is 5.97 Å². The van der Waals surface area contributed by atoms with Crippen LogP contribution >= 0.6 is 11.6 Å². The highest BCUT2D eigenvalue weighted by Gasteiger charge is 2.31. The van der Waals surface area contributed by atoms with E-state index < -0.39 is 12.0 Å². The molecule has 0 saturated carbocycles. The van der Waals surface area contributed by atoms with Crippen LogP contribution in [0.4, 0.5) is 5.69 Å². The fourth-order valence-electron chi connectivity index (χ4n) is 6.97. The number of rotatable bonds is 11. The first-order valence-corrected chi connectivity index (χ1v) is 17.4. The van der Waals surface area contributed by atoms with E-state index in [9.17, 15) is 19.8 Å². The molecule has 0 spiro atoms. The number of carboxylic acids is 1. The highest BCUT2D eigenvalue weighted by Crippen LogP contribution is 2.37. The Bertz CT molecular complexity index is 1910. The summed E-state index contributed by atoms with van der Waals surface area (Å²) in [7, 11) is 1.64. The minimum absolute atomic E-state index is 0.281. The number of amides is 1. The summed E-state index contributed by atoms with van der Waals surface area (Å²) in [5.41, 5.74) is 8.63. The molecule has 4 aromatic rings. The molecule has 2 aliphatic rings. The summed E-state index contributed by atoms with van der Waals surface area (Å²) in [4.78, 5) is 33.4. The van der Waals surface area contributed by atoms with Crippen LogP contribution in [0.5, 0.6) is 5.75 Å². The molecule has 6 rings (SSSR count). The van der Waals surface area contributed by atoms with Crippen molar-refractivity contribution >= 4 is 41.3 Å². The third-order valence-electron chi connectivity index (χ3n) is 9.76. The normalized spacial score (nSPS) is 18.2. The van der Waals surface area contributed by atoms with E-state index in [0.29, 0.717) is 42.5 Å². The summed E-state index contributed by atoms with van der Waals surface area (Å²) in [5, 5.41) is 22.8. The predicted molar refractivity (Wildman–Crippen MR) is 197 cm³/mol. The Balaban J connectivity index is 1.17. The van der Waals surface area contributed by atoms with Gasteiger partial charge in [-0.05, 0) is 91.2 Å². The number of hydrogen-bond donors (Lipinski definition) is 3. The number of aliphatic hydroxyl groups excluding tert-OH is 1. The van der Waals surface area contributed by atoms with E-state index in [4.69, 9.17) is 16.3 Å². The minimum atomic E-state index is -0.775. The molecule has 50 heavy (non-hydrogen) atoms. The molecule has 1 amide bonds. The van der Waals surface area contributed by atoms with Crippen LogP contribution in [0.2, 0.25) is 5.02 Å². The number of aliphatic carboxylic acids is 1. The number of aliphatic hydroxyl groups is 1. The first-order valence-electron chi connectivity index (χ1n) is 17.0. The Morgan fingerprint density at radius 3 is 2.50 bits per heavy atom. The van der Waals surface area contributed by atoms with Crippen molar-refractivity contribution in [3.63, 3.8) is 0 Å². The van der Waals surface area contributed by atoms with Gasteiger partial charge in [0, 0.05) is 43.5 Å². The van der Waals surface area contributed by atoms with Crippen LogP contribution in [-0.2, 0) is 17.9 Å². The molecule has 2 fully saturated rings. The van der Waals surface area contributed by atoms with Gasteiger partial charge in [-0.1, -0.05) is 66.2 Å². The number of aryl methyl sites for hydroxylation is 1. The average Bonchev–Trinajstić information content (AvgIpc) is 3.75. The number of likely N-dealkylation sites (tertiary alicyclic amines) is 2. The lowest BCUT2D eigenvalue weighted by Gasteiger charge is -2.23. The van der Waals surface area contributed by atoms with Crippen LogP contribution in [0.15, 0.2) is 66.9 Å². The number of halogens is 1. The number of carbonyl (C=O) groups excluding carboxylic acids is 1. The van der Waals surface area contributed by atoms with Crippen molar-refractivity contribution in [2.45, 2.75) is 58.3 Å². The Hall–Kier alpha value is -4.54. The van der Waals surface area contributed by atoms with E-state index in [2.05, 4.69) is 53.3 Å². The quantitative estimate of drug-likeness (QED) is 0.143. The fourth-order valence-corrected chi connectivity index (χ4v) is 7.24. The number of pyridine rings is 1. The van der Waals surface area contributed by atoms with Gasteiger partial charge in [0.1, 0.15) is 17.5 Å². The first-order chi connectivity index (χ1) is 24.1. The molecule has 0 bridgehead atoms. The van der Waals surface area contributed by atoms with Crippen LogP contribution in [0, 0.1) is 13.8 Å². The van der Waals surface area contributed by atoms with Crippen molar-refractivity contribution in [2.75, 3.05) is 32.1 Å². The van der Waals surface area contributed by atoms with Crippen molar-refractivity contribution in [1.29, 1.82) is 0 Å². The third-order valence-corrected chi connectivity index (χ3v) is 10.2. The van der Waals surface area contributed by atoms with Gasteiger partial charge in [0.15, 0.2) is 0 Å². The van der Waals surface area contributed by atoms with Crippen LogP contribution in [-0.4, -0.2) is 75.8 Å². The number of anilines is 1. The Kier molecular flexibility index (Phi) is 11.0. The van der Waals surface area contributed by atoms with Crippen LogP contribution < -0.4 is 10.1 Å². The van der Waals surface area contributed by atoms with E-state index in [-0.39, 0.29) is 12.0 Å². The molecule has 0 aliphatic carbocycles. The number of benzene rings is 3. The molecule has 2 atom stereocenters. The lowest BCUT2D eigenvalue weighted by atomic mass is 9.95. The van der Waals surface area contributed by atoms with E-state index >= 15 is 0 Å². The molecular formula is C40H43ClN4O5. The molecule has 9 nitrogen and oxygen atoms in total. The molecule has 260 valence electrons. The Morgan fingerprint density at radius 2 is 1.78 bits per heavy atom. The first kappa shape index (κ1) is 35.3. The zero-order valence-corrected chi connectivity index (χ0v) is 29.4. The van der Waals surface area contributed by atoms with Gasteiger partial charge in [0.2, 0.25) is 0 Å². The van der Waals surface area contributed by atoms with Crippen LogP contribution in [0.3, 0.4) is 0 Å². The second kappa shape index (κ2) is 15.6. The summed E-state index contributed by atoms with van der Waals surface area (Å²) in [5.74, 6) is -0.390. The Labute approximate surface area is 298 Å². The number of aromatic nitrogens is 1. The Morgan fingerprint density at radius 1 is 1.00 bits per heavy atom. The predicted octanol–water partition coefficient (Wildman–Crippen LogP) is 7.07. The molecule has 10 heteroatoms. The van der Waals surface area contributed by atoms with Gasteiger partial charge in [-0.15, -0.1) is 0 Å². The van der Waals surface area contributed by atoms with Crippen LogP contribution in [0.1, 0.15) is 63.1 Å². The van der Waals surface area contributed by atoms with E-state index in [1.165, 1.54) is 0 Å². The average molecular weight is 695 g/mol. The molecular weight excluding hydrogens is 652 g/mol. The maximum atomic E-state index is 13.2. The molecule has 3 N–H and O–H groups in total. The van der Waals surface area contributed by atoms with Gasteiger partial charge in [-0.2, -0.15) is 0 Å². The zero-order chi connectivity index (χ0) is 35.4. The molecule has 0 radical (unpaired) electrons. The number of ether oxygens (including phenoxy) is 1. The van der Waals surface area contributed by atoms with Crippen molar-refractivity contribution < 1.29 is 24.5 Å². The maximum absolute atomic E-state index is 13.2. The summed E-state index contributed by atoms with van der Waals surface area (Å²) >= 11 is 6.93. The highest BCUT2D eigenvalue weighted by atomic mass is 35.5. The summed E-state index contributed by atoms with van der Waals surface area (Å²) in [6.45, 7) is 7.57. The minimum Gasteiger partial charge on any atom is -0.496 e. The van der Waals surface area contributed by atoms with Gasteiger partial charge in [-0.25, -0.2) is 0 Å². The number of nitrogens with one attached hydrogen (secondary N) is 1. The molecule has 3 heterocycles. The molecule has 2 aliphatic heterocycles. The van der Waals surface area contributed by atoms with Gasteiger partial charge in [0.05, 0.1) is 23.9 Å². The molecule has 0 unspecified atom stereocenters. The largest absolute Gasteiger partial charge is 0.496 e. The van der Waals surface area contributed by atoms with Gasteiger partial charge in [0.25, 0.3) is 5.91 Å². The highest BCUT2D eigenvalue weighted by molar-refractivity contribution is 6.36. The molecule has 1 aromatic heterocycles. The number of nitrogens with zero attached hydrogens (tertiary/aromatic N) is 3. The van der Waals surface area contributed by atoms with E-state index in [1.54, 1.807) is 25.4 Å². The summed E-state index contributed by atoms with van der Waals surface area (Å²) < 4.78 is 5.75. The van der Waals surface area contributed by atoms with Crippen molar-refractivity contribution in [3.8, 4) is 16.9 Å². The SMILES string of the molecule is COc1cc(/C=C/c2cccc(-c3cccc(NC(=O)c4ccc(CN5CC[C@@H](O)C5)cn4)c3Cl)c2C)c(C)cc1CN1CCC[C@H]1C(=O)O. The van der Waals surface area contributed by atoms with Crippen molar-refractivity contribution in [1.82, 2.24) is 14.8 Å². The van der Waals surface area contributed by atoms with E-state index in [1.807, 2.05) is 41.3 Å². The number of β-amino-alcohol motifs (C(OH)–C–C–N with tert-alkyl or cyclic N) is 1. The third kappa shape index (κ3) is 7.92. The zero-order valence-electron chi connectivity index (χ0n) is 28.7.